The van der Waals surface area contributed by atoms with E-state index in [0.29, 0.717) is 23.1 Å². The van der Waals surface area contributed by atoms with E-state index in [2.05, 4.69) is 55.6 Å². The number of anilines is 2. The number of nitrogens with zero attached hydrogens (tertiary/aromatic N) is 3. The smallest absolute Gasteiger partial charge is 0.225 e. The molecule has 5 rings (SSSR count). The zero-order valence-electron chi connectivity index (χ0n) is 19.9. The lowest BCUT2D eigenvalue weighted by Gasteiger charge is -2.32. The Kier molecular flexibility index (Phi) is 7.04. The fraction of sp³-hybridized carbons (Fsp3) is 0.321. The van der Waals surface area contributed by atoms with Crippen LogP contribution in [0, 0.1) is 5.92 Å². The molecule has 0 saturated carbocycles. The Hall–Kier alpha value is -3.71. The standard InChI is InChI=1S/C28H32N6O/c29-25-7-3-1-5-21(25)15-27(35)23-18-32-28(33-19-23)34-13-10-20(11-14-34)16-30-12-9-22-17-31-26-8-4-2-6-24(22)26/h1-8,17-20,30-31H,9-16,29H2. The first kappa shape index (κ1) is 23.1. The van der Waals surface area contributed by atoms with Gasteiger partial charge >= 0.3 is 0 Å². The van der Waals surface area contributed by atoms with Gasteiger partial charge in [-0.2, -0.15) is 0 Å². The molecular weight excluding hydrogens is 436 g/mol. The number of hydrogen-bond donors (Lipinski definition) is 3. The second-order valence-corrected chi connectivity index (χ2v) is 9.31. The van der Waals surface area contributed by atoms with Gasteiger partial charge in [-0.15, -0.1) is 0 Å². The quantitative estimate of drug-likeness (QED) is 0.195. The Bertz CT molecular complexity index is 1270. The lowest BCUT2D eigenvalue weighted by Crippen LogP contribution is -2.38. The third-order valence-corrected chi connectivity index (χ3v) is 6.94. The van der Waals surface area contributed by atoms with E-state index in [1.807, 2.05) is 24.3 Å². The van der Waals surface area contributed by atoms with Gasteiger partial charge in [-0.05, 0) is 61.5 Å². The number of nitrogens with two attached hydrogens (primary N) is 1. The number of carbonyl (C=O) groups is 1. The van der Waals surface area contributed by atoms with Crippen molar-refractivity contribution in [3.05, 3.63) is 83.8 Å². The minimum absolute atomic E-state index is 0.0214. The number of nitrogen functional groups attached to an aromatic ring is 1. The summed E-state index contributed by atoms with van der Waals surface area (Å²) in [6, 6.07) is 15.9. The number of H-pyrrole nitrogens is 1. The van der Waals surface area contributed by atoms with E-state index in [4.69, 9.17) is 5.73 Å². The summed E-state index contributed by atoms with van der Waals surface area (Å²) in [5.41, 5.74) is 10.5. The number of rotatable bonds is 9. The van der Waals surface area contributed by atoms with Gasteiger partial charge in [0.2, 0.25) is 5.95 Å². The number of Topliss-reactive ketones (excluding diaryl/α,β-unsaturated/α-hetero) is 1. The molecule has 3 heterocycles. The molecule has 0 aliphatic carbocycles. The number of aromatic amines is 1. The van der Waals surface area contributed by atoms with E-state index in [0.717, 1.165) is 51.0 Å². The molecule has 1 fully saturated rings. The lowest BCUT2D eigenvalue weighted by atomic mass is 9.97. The molecule has 0 atom stereocenters. The molecule has 0 spiro atoms. The van der Waals surface area contributed by atoms with Gasteiger partial charge in [0.05, 0.1) is 5.56 Å². The maximum absolute atomic E-state index is 12.6. The molecule has 4 aromatic rings. The summed E-state index contributed by atoms with van der Waals surface area (Å²) in [7, 11) is 0. The topological polar surface area (TPSA) is 99.9 Å². The van der Waals surface area contributed by atoms with E-state index >= 15 is 0 Å². The Morgan fingerprint density at radius 2 is 1.77 bits per heavy atom. The van der Waals surface area contributed by atoms with Crippen molar-refractivity contribution >= 4 is 28.3 Å². The van der Waals surface area contributed by atoms with Gasteiger partial charge in [-0.3, -0.25) is 4.79 Å². The lowest BCUT2D eigenvalue weighted by molar-refractivity contribution is 0.0992. The van der Waals surface area contributed by atoms with Crippen LogP contribution in [0.1, 0.15) is 34.3 Å². The zero-order valence-corrected chi connectivity index (χ0v) is 19.9. The fourth-order valence-corrected chi connectivity index (χ4v) is 4.80. The summed E-state index contributed by atoms with van der Waals surface area (Å²) >= 11 is 0. The van der Waals surface area contributed by atoms with E-state index < -0.39 is 0 Å². The van der Waals surface area contributed by atoms with Crippen molar-refractivity contribution in [1.82, 2.24) is 20.3 Å². The molecule has 7 heteroatoms. The molecule has 1 aliphatic rings. The van der Waals surface area contributed by atoms with Crippen molar-refractivity contribution in [2.24, 2.45) is 5.92 Å². The molecule has 0 unspecified atom stereocenters. The molecule has 7 nitrogen and oxygen atoms in total. The first-order chi connectivity index (χ1) is 17.2. The van der Waals surface area contributed by atoms with E-state index in [9.17, 15) is 4.79 Å². The van der Waals surface area contributed by atoms with Crippen molar-refractivity contribution in [3.8, 4) is 0 Å². The second-order valence-electron chi connectivity index (χ2n) is 9.31. The average molecular weight is 469 g/mol. The van der Waals surface area contributed by atoms with Gasteiger partial charge in [0.15, 0.2) is 5.78 Å². The number of ketones is 1. The van der Waals surface area contributed by atoms with Crippen molar-refractivity contribution in [2.75, 3.05) is 36.8 Å². The summed E-state index contributed by atoms with van der Waals surface area (Å²) in [5, 5.41) is 4.97. The molecule has 4 N–H and O–H groups in total. The predicted molar refractivity (Wildman–Crippen MR) is 141 cm³/mol. The molecule has 1 aliphatic heterocycles. The first-order valence-corrected chi connectivity index (χ1v) is 12.4. The summed E-state index contributed by atoms with van der Waals surface area (Å²) in [5.74, 6) is 1.34. The molecular formula is C28H32N6O. The van der Waals surface area contributed by atoms with Gasteiger partial charge in [0, 0.05) is 54.7 Å². The van der Waals surface area contributed by atoms with Crippen LogP contribution in [0.4, 0.5) is 11.6 Å². The summed E-state index contributed by atoms with van der Waals surface area (Å²) in [6.07, 6.45) is 8.91. The summed E-state index contributed by atoms with van der Waals surface area (Å²) < 4.78 is 0. The highest BCUT2D eigenvalue weighted by Crippen LogP contribution is 2.21. The number of fused-ring (bicyclic) bond motifs is 1. The zero-order chi connectivity index (χ0) is 24.0. The molecule has 0 radical (unpaired) electrons. The second kappa shape index (κ2) is 10.7. The van der Waals surface area contributed by atoms with Crippen LogP contribution in [-0.4, -0.2) is 46.9 Å². The van der Waals surface area contributed by atoms with Gasteiger partial charge < -0.3 is 20.9 Å². The minimum atomic E-state index is -0.0214. The molecule has 180 valence electrons. The molecule has 2 aromatic carbocycles. The van der Waals surface area contributed by atoms with E-state index in [1.54, 1.807) is 12.4 Å². The number of benzene rings is 2. The molecule has 0 bridgehead atoms. The maximum Gasteiger partial charge on any atom is 0.225 e. The Balaban J connectivity index is 1.06. The number of nitrogens with one attached hydrogen (secondary N) is 2. The highest BCUT2D eigenvalue weighted by Gasteiger charge is 2.21. The molecule has 35 heavy (non-hydrogen) atoms. The van der Waals surface area contributed by atoms with Gasteiger partial charge in [-0.25, -0.2) is 9.97 Å². The van der Waals surface area contributed by atoms with E-state index in [-0.39, 0.29) is 12.2 Å². The van der Waals surface area contributed by atoms with Crippen LogP contribution >= 0.6 is 0 Å². The first-order valence-electron chi connectivity index (χ1n) is 12.4. The SMILES string of the molecule is Nc1ccccc1CC(=O)c1cnc(N2CCC(CNCCc3c[nH]c4ccccc34)CC2)nc1. The Morgan fingerprint density at radius 3 is 2.57 bits per heavy atom. The van der Waals surface area contributed by atoms with Crippen LogP contribution in [0.2, 0.25) is 0 Å². The predicted octanol–water partition coefficient (Wildman–Crippen LogP) is 4.01. The normalized spacial score (nSPS) is 14.5. The van der Waals surface area contributed by atoms with E-state index in [1.165, 1.54) is 16.5 Å². The molecule has 1 saturated heterocycles. The third kappa shape index (κ3) is 5.52. The number of aromatic nitrogens is 3. The van der Waals surface area contributed by atoms with Crippen LogP contribution < -0.4 is 16.0 Å². The monoisotopic (exact) mass is 468 g/mol. The van der Waals surface area contributed by atoms with Crippen molar-refractivity contribution in [1.29, 1.82) is 0 Å². The van der Waals surface area contributed by atoms with Gasteiger partial charge in [0.25, 0.3) is 0 Å². The number of para-hydroxylation sites is 2. The molecule has 0 amide bonds. The van der Waals surface area contributed by atoms with Crippen LogP contribution in [-0.2, 0) is 12.8 Å². The average Bonchev–Trinajstić information content (AvgIpc) is 3.31. The third-order valence-electron chi connectivity index (χ3n) is 6.94. The summed E-state index contributed by atoms with van der Waals surface area (Å²) in [6.45, 7) is 3.88. The largest absolute Gasteiger partial charge is 0.398 e. The highest BCUT2D eigenvalue weighted by atomic mass is 16.1. The maximum atomic E-state index is 12.6. The van der Waals surface area contributed by atoms with Crippen molar-refractivity contribution < 1.29 is 4.79 Å². The van der Waals surface area contributed by atoms with Crippen LogP contribution in [0.25, 0.3) is 10.9 Å². The van der Waals surface area contributed by atoms with Crippen molar-refractivity contribution in [2.45, 2.75) is 25.7 Å². The number of piperidine rings is 1. The van der Waals surface area contributed by atoms with Gasteiger partial charge in [0.1, 0.15) is 0 Å². The van der Waals surface area contributed by atoms with Gasteiger partial charge in [-0.1, -0.05) is 36.4 Å². The number of carbonyl (C=O) groups excluding carboxylic acids is 1. The van der Waals surface area contributed by atoms with Crippen LogP contribution in [0.15, 0.2) is 67.1 Å². The fourth-order valence-electron chi connectivity index (χ4n) is 4.80. The highest BCUT2D eigenvalue weighted by molar-refractivity contribution is 5.97. The minimum Gasteiger partial charge on any atom is -0.398 e. The Morgan fingerprint density at radius 1 is 1.03 bits per heavy atom. The summed E-state index contributed by atoms with van der Waals surface area (Å²) in [4.78, 5) is 27.1. The van der Waals surface area contributed by atoms with Crippen molar-refractivity contribution in [3.63, 3.8) is 0 Å². The molecule has 2 aromatic heterocycles. The van der Waals surface area contributed by atoms with Crippen LogP contribution in [0.5, 0.6) is 0 Å². The number of hydrogen-bond acceptors (Lipinski definition) is 6. The van der Waals surface area contributed by atoms with Crippen LogP contribution in [0.3, 0.4) is 0 Å². The Labute approximate surface area is 205 Å².